The SMILES string of the molecule is CCN(C)C(=O)C[C@@H](C)c1ccc(OC2CCN(c3ccc(OCC4CC4(F)F)cn3)C2)cc1. The fourth-order valence-corrected chi connectivity index (χ4v) is 4.10. The number of pyridine rings is 1. The maximum absolute atomic E-state index is 13.0. The van der Waals surface area contributed by atoms with Gasteiger partial charge in [-0.15, -0.1) is 0 Å². The highest BCUT2D eigenvalue weighted by Crippen LogP contribution is 2.48. The molecule has 1 amide bonds. The van der Waals surface area contributed by atoms with Gasteiger partial charge in [-0.2, -0.15) is 0 Å². The number of halogens is 2. The van der Waals surface area contributed by atoms with Gasteiger partial charge in [-0.05, 0) is 42.7 Å². The highest BCUT2D eigenvalue weighted by molar-refractivity contribution is 5.76. The van der Waals surface area contributed by atoms with Crippen LogP contribution in [0.25, 0.3) is 0 Å². The van der Waals surface area contributed by atoms with E-state index in [0.29, 0.717) is 18.7 Å². The van der Waals surface area contributed by atoms with Gasteiger partial charge in [0.05, 0.1) is 25.3 Å². The zero-order chi connectivity index (χ0) is 24.3. The van der Waals surface area contributed by atoms with Crippen LogP contribution < -0.4 is 14.4 Å². The third kappa shape index (κ3) is 5.96. The highest BCUT2D eigenvalue weighted by atomic mass is 19.3. The molecule has 0 spiro atoms. The molecule has 4 rings (SSSR count). The average Bonchev–Trinajstić information content (AvgIpc) is 3.20. The monoisotopic (exact) mass is 473 g/mol. The van der Waals surface area contributed by atoms with Crippen LogP contribution in [0, 0.1) is 5.92 Å². The van der Waals surface area contributed by atoms with Gasteiger partial charge in [0.2, 0.25) is 5.91 Å². The van der Waals surface area contributed by atoms with E-state index in [0.717, 1.165) is 36.6 Å². The van der Waals surface area contributed by atoms with Crippen molar-refractivity contribution in [2.45, 2.75) is 51.1 Å². The molecule has 8 heteroatoms. The first-order valence-corrected chi connectivity index (χ1v) is 12.0. The highest BCUT2D eigenvalue weighted by Gasteiger charge is 2.57. The van der Waals surface area contributed by atoms with Crippen molar-refractivity contribution < 1.29 is 23.0 Å². The Balaban J connectivity index is 1.24. The smallest absolute Gasteiger partial charge is 0.255 e. The molecule has 0 bridgehead atoms. The molecule has 1 aromatic heterocycles. The van der Waals surface area contributed by atoms with Crippen LogP contribution in [-0.2, 0) is 4.79 Å². The van der Waals surface area contributed by atoms with Gasteiger partial charge < -0.3 is 19.3 Å². The molecule has 2 heterocycles. The zero-order valence-corrected chi connectivity index (χ0v) is 20.0. The van der Waals surface area contributed by atoms with Crippen molar-refractivity contribution in [3.8, 4) is 11.5 Å². The minimum atomic E-state index is -2.57. The third-order valence-electron chi connectivity index (χ3n) is 6.73. The molecule has 1 aromatic carbocycles. The van der Waals surface area contributed by atoms with Gasteiger partial charge >= 0.3 is 0 Å². The second-order valence-corrected chi connectivity index (χ2v) is 9.38. The summed E-state index contributed by atoms with van der Waals surface area (Å²) in [6.45, 7) is 6.33. The number of alkyl halides is 2. The Hall–Kier alpha value is -2.90. The fourth-order valence-electron chi connectivity index (χ4n) is 4.10. The number of anilines is 1. The summed E-state index contributed by atoms with van der Waals surface area (Å²) < 4.78 is 37.6. The topological polar surface area (TPSA) is 54.9 Å². The van der Waals surface area contributed by atoms with E-state index in [2.05, 4.69) is 16.8 Å². The normalized spacial score (nSPS) is 21.7. The minimum absolute atomic E-state index is 0.0251. The van der Waals surface area contributed by atoms with E-state index >= 15 is 0 Å². The second kappa shape index (κ2) is 10.2. The summed E-state index contributed by atoms with van der Waals surface area (Å²) in [6.07, 6.45) is 2.93. The van der Waals surface area contributed by atoms with Crippen LogP contribution >= 0.6 is 0 Å². The fraction of sp³-hybridized carbons (Fsp3) is 0.538. The molecule has 2 unspecified atom stereocenters. The van der Waals surface area contributed by atoms with Crippen LogP contribution in [0.4, 0.5) is 14.6 Å². The van der Waals surface area contributed by atoms with Crippen molar-refractivity contribution in [3.63, 3.8) is 0 Å². The van der Waals surface area contributed by atoms with Gasteiger partial charge in [-0.3, -0.25) is 4.79 Å². The number of hydrogen-bond donors (Lipinski definition) is 0. The van der Waals surface area contributed by atoms with E-state index in [1.54, 1.807) is 17.2 Å². The van der Waals surface area contributed by atoms with Gasteiger partial charge in [0.15, 0.2) is 0 Å². The number of hydrogen-bond acceptors (Lipinski definition) is 5. The van der Waals surface area contributed by atoms with E-state index in [4.69, 9.17) is 9.47 Å². The average molecular weight is 474 g/mol. The predicted octanol–water partition coefficient (Wildman–Crippen LogP) is 4.75. The summed E-state index contributed by atoms with van der Waals surface area (Å²) in [5.74, 6) is -0.798. The molecule has 2 fully saturated rings. The van der Waals surface area contributed by atoms with Gasteiger partial charge in [0.1, 0.15) is 23.4 Å². The lowest BCUT2D eigenvalue weighted by atomic mass is 9.97. The summed E-state index contributed by atoms with van der Waals surface area (Å²) in [5, 5.41) is 0. The lowest BCUT2D eigenvalue weighted by molar-refractivity contribution is -0.130. The van der Waals surface area contributed by atoms with Crippen LogP contribution in [0.2, 0.25) is 0 Å². The van der Waals surface area contributed by atoms with Gasteiger partial charge in [-0.25, -0.2) is 13.8 Å². The van der Waals surface area contributed by atoms with Crippen molar-refractivity contribution >= 4 is 11.7 Å². The summed E-state index contributed by atoms with van der Waals surface area (Å²) in [4.78, 5) is 20.5. The number of rotatable bonds is 10. The molecule has 34 heavy (non-hydrogen) atoms. The Bertz CT molecular complexity index is 968. The number of nitrogens with zero attached hydrogens (tertiary/aromatic N) is 3. The Kier molecular flexibility index (Phi) is 7.24. The van der Waals surface area contributed by atoms with E-state index in [1.165, 1.54) is 0 Å². The molecule has 1 aliphatic heterocycles. The first-order chi connectivity index (χ1) is 16.2. The Morgan fingerprint density at radius 2 is 1.94 bits per heavy atom. The lowest BCUT2D eigenvalue weighted by Crippen LogP contribution is -2.27. The number of carbonyl (C=O) groups excluding carboxylic acids is 1. The predicted molar refractivity (Wildman–Crippen MR) is 127 cm³/mol. The summed E-state index contributed by atoms with van der Waals surface area (Å²) in [7, 11) is 1.83. The Morgan fingerprint density at radius 1 is 1.24 bits per heavy atom. The van der Waals surface area contributed by atoms with Gasteiger partial charge in [-0.1, -0.05) is 19.1 Å². The number of ether oxygens (including phenoxy) is 2. The molecule has 1 saturated carbocycles. The van der Waals surface area contributed by atoms with E-state index in [1.807, 2.05) is 44.3 Å². The van der Waals surface area contributed by atoms with E-state index in [-0.39, 0.29) is 31.0 Å². The Labute approximate surface area is 199 Å². The number of aromatic nitrogens is 1. The molecule has 6 nitrogen and oxygen atoms in total. The Morgan fingerprint density at radius 3 is 2.56 bits per heavy atom. The standard InChI is InChI=1S/C26H33F2N3O3/c1-4-30(3)25(32)13-18(2)19-5-7-21(8-6-19)34-23-11-12-31(16-23)24-10-9-22(15-29-24)33-17-20-14-26(20,27)28/h5-10,15,18,20,23H,4,11-14,16-17H2,1-3H3/t18-,20?,23?/m1/s1. The van der Waals surface area contributed by atoms with Crippen LogP contribution in [-0.4, -0.2) is 61.1 Å². The van der Waals surface area contributed by atoms with Crippen molar-refractivity contribution in [2.75, 3.05) is 38.2 Å². The largest absolute Gasteiger partial charge is 0.491 e. The molecular weight excluding hydrogens is 440 g/mol. The molecule has 0 radical (unpaired) electrons. The number of carbonyl (C=O) groups is 1. The van der Waals surface area contributed by atoms with Crippen LogP contribution in [0.5, 0.6) is 11.5 Å². The van der Waals surface area contributed by atoms with Crippen molar-refractivity contribution in [2.24, 2.45) is 5.92 Å². The van der Waals surface area contributed by atoms with Crippen LogP contribution in [0.1, 0.15) is 44.6 Å². The second-order valence-electron chi connectivity index (χ2n) is 9.38. The molecule has 1 aliphatic carbocycles. The van der Waals surface area contributed by atoms with Crippen molar-refractivity contribution in [3.05, 3.63) is 48.2 Å². The van der Waals surface area contributed by atoms with E-state index < -0.39 is 11.8 Å². The van der Waals surface area contributed by atoms with Crippen LogP contribution in [0.15, 0.2) is 42.6 Å². The summed E-state index contributed by atoms with van der Waals surface area (Å²) in [6, 6.07) is 11.6. The maximum Gasteiger partial charge on any atom is 0.255 e. The molecule has 0 N–H and O–H groups in total. The number of amides is 1. The maximum atomic E-state index is 13.0. The molecule has 184 valence electrons. The molecule has 1 saturated heterocycles. The zero-order valence-electron chi connectivity index (χ0n) is 20.0. The molecule has 3 atom stereocenters. The first-order valence-electron chi connectivity index (χ1n) is 12.0. The molecule has 2 aliphatic rings. The van der Waals surface area contributed by atoms with Crippen molar-refractivity contribution in [1.29, 1.82) is 0 Å². The first kappa shape index (κ1) is 24.2. The van der Waals surface area contributed by atoms with Crippen LogP contribution in [0.3, 0.4) is 0 Å². The summed E-state index contributed by atoms with van der Waals surface area (Å²) >= 11 is 0. The van der Waals surface area contributed by atoms with Crippen molar-refractivity contribution in [1.82, 2.24) is 9.88 Å². The summed E-state index contributed by atoms with van der Waals surface area (Å²) in [5.41, 5.74) is 1.12. The quantitative estimate of drug-likeness (QED) is 0.499. The van der Waals surface area contributed by atoms with E-state index in [9.17, 15) is 13.6 Å². The van der Waals surface area contributed by atoms with Gasteiger partial charge in [0.25, 0.3) is 5.92 Å². The molecule has 2 aromatic rings. The lowest BCUT2D eigenvalue weighted by Gasteiger charge is -2.19. The van der Waals surface area contributed by atoms with Gasteiger partial charge in [0, 0.05) is 39.4 Å². The molecular formula is C26H33F2N3O3. The minimum Gasteiger partial charge on any atom is -0.491 e. The third-order valence-corrected chi connectivity index (χ3v) is 6.73. The number of benzene rings is 1.